The number of carboxylic acid groups (broad SMARTS) is 1. The zero-order valence-electron chi connectivity index (χ0n) is 9.70. The van der Waals surface area contributed by atoms with E-state index in [1.165, 1.54) is 0 Å². The number of carboxylic acids is 1. The lowest BCUT2D eigenvalue weighted by Gasteiger charge is -2.38. The molecule has 1 atom stereocenters. The summed E-state index contributed by atoms with van der Waals surface area (Å²) in [6.07, 6.45) is 2.19. The van der Waals surface area contributed by atoms with Crippen LogP contribution in [0.15, 0.2) is 0 Å². The van der Waals surface area contributed by atoms with E-state index in [0.717, 1.165) is 13.0 Å². The second-order valence-electron chi connectivity index (χ2n) is 4.72. The number of morpholine rings is 1. The Hall–Kier alpha value is -1.14. The number of ether oxygens (including phenoxy) is 1. The molecule has 1 aliphatic carbocycles. The smallest absolute Gasteiger partial charge is 0.329 e. The number of aliphatic carboxylic acids is 1. The van der Waals surface area contributed by atoms with Crippen molar-refractivity contribution in [2.75, 3.05) is 19.8 Å². The molecule has 1 unspecified atom stereocenters. The first-order chi connectivity index (χ1) is 8.12. The molecule has 6 nitrogen and oxygen atoms in total. The van der Waals surface area contributed by atoms with Crippen molar-refractivity contribution in [2.24, 2.45) is 0 Å². The molecule has 2 rings (SSSR count). The van der Waals surface area contributed by atoms with Crippen LogP contribution >= 0.6 is 0 Å². The highest BCUT2D eigenvalue weighted by molar-refractivity contribution is 5.88. The van der Waals surface area contributed by atoms with E-state index in [9.17, 15) is 9.59 Å². The van der Waals surface area contributed by atoms with Crippen LogP contribution in [0.2, 0.25) is 0 Å². The van der Waals surface area contributed by atoms with Crippen LogP contribution in [0.1, 0.15) is 25.7 Å². The molecular weight excluding hydrogens is 224 g/mol. The van der Waals surface area contributed by atoms with E-state index in [-0.39, 0.29) is 18.4 Å². The molecule has 1 saturated carbocycles. The van der Waals surface area contributed by atoms with Crippen LogP contribution in [0.25, 0.3) is 0 Å². The molecule has 3 N–H and O–H groups in total. The van der Waals surface area contributed by atoms with E-state index in [2.05, 4.69) is 10.6 Å². The Morgan fingerprint density at radius 2 is 2.24 bits per heavy atom. The van der Waals surface area contributed by atoms with Gasteiger partial charge < -0.3 is 20.5 Å². The molecule has 17 heavy (non-hydrogen) atoms. The highest BCUT2D eigenvalue weighted by Crippen LogP contribution is 2.32. The van der Waals surface area contributed by atoms with Gasteiger partial charge in [-0.2, -0.15) is 0 Å². The largest absolute Gasteiger partial charge is 0.480 e. The van der Waals surface area contributed by atoms with Crippen LogP contribution in [-0.2, 0) is 14.3 Å². The third-order valence-corrected chi connectivity index (χ3v) is 3.43. The molecule has 1 heterocycles. The first kappa shape index (κ1) is 12.3. The highest BCUT2D eigenvalue weighted by Gasteiger charge is 2.45. The highest BCUT2D eigenvalue weighted by atomic mass is 16.5. The van der Waals surface area contributed by atoms with Crippen molar-refractivity contribution in [2.45, 2.75) is 37.3 Å². The van der Waals surface area contributed by atoms with E-state index in [4.69, 9.17) is 9.84 Å². The summed E-state index contributed by atoms with van der Waals surface area (Å²) in [6.45, 7) is 1.91. The van der Waals surface area contributed by atoms with Gasteiger partial charge in [-0.15, -0.1) is 0 Å². The van der Waals surface area contributed by atoms with Gasteiger partial charge in [-0.25, -0.2) is 4.79 Å². The molecule has 0 aromatic heterocycles. The molecule has 0 aromatic carbocycles. The molecule has 1 saturated heterocycles. The van der Waals surface area contributed by atoms with E-state index in [0.29, 0.717) is 26.1 Å². The standard InChI is InChI=1S/C11H18N2O4/c14-9(6-8-7-17-5-4-12-8)13-11(10(15)16)2-1-3-11/h8,12H,1-7H2,(H,13,14)(H,15,16). The van der Waals surface area contributed by atoms with E-state index < -0.39 is 11.5 Å². The normalized spacial score (nSPS) is 26.9. The average molecular weight is 242 g/mol. The lowest BCUT2D eigenvalue weighted by atomic mass is 9.76. The van der Waals surface area contributed by atoms with Gasteiger partial charge in [0.1, 0.15) is 5.54 Å². The fraction of sp³-hybridized carbons (Fsp3) is 0.818. The minimum atomic E-state index is -1.01. The number of amides is 1. The summed E-state index contributed by atoms with van der Waals surface area (Å²) < 4.78 is 5.24. The minimum Gasteiger partial charge on any atom is -0.480 e. The second kappa shape index (κ2) is 5.01. The van der Waals surface area contributed by atoms with Gasteiger partial charge in [0.15, 0.2) is 0 Å². The monoisotopic (exact) mass is 242 g/mol. The van der Waals surface area contributed by atoms with Crippen LogP contribution in [0.3, 0.4) is 0 Å². The maximum atomic E-state index is 11.8. The summed E-state index contributed by atoms with van der Waals surface area (Å²) >= 11 is 0. The lowest BCUT2D eigenvalue weighted by molar-refractivity contribution is -0.152. The Morgan fingerprint density at radius 1 is 1.47 bits per heavy atom. The van der Waals surface area contributed by atoms with E-state index in [1.54, 1.807) is 0 Å². The van der Waals surface area contributed by atoms with Crippen LogP contribution in [0, 0.1) is 0 Å². The second-order valence-corrected chi connectivity index (χ2v) is 4.72. The van der Waals surface area contributed by atoms with Gasteiger partial charge in [-0.1, -0.05) is 0 Å². The van der Waals surface area contributed by atoms with E-state index in [1.807, 2.05) is 0 Å². The fourth-order valence-corrected chi connectivity index (χ4v) is 2.22. The molecule has 0 aromatic rings. The Balaban J connectivity index is 1.81. The predicted octanol–water partition coefficient (Wildman–Crippen LogP) is -0.512. The molecule has 0 spiro atoms. The topological polar surface area (TPSA) is 87.7 Å². The number of rotatable bonds is 4. The van der Waals surface area contributed by atoms with E-state index >= 15 is 0 Å². The number of carbonyl (C=O) groups is 2. The van der Waals surface area contributed by atoms with Gasteiger partial charge in [-0.3, -0.25) is 4.79 Å². The molecule has 0 radical (unpaired) electrons. The zero-order valence-corrected chi connectivity index (χ0v) is 9.70. The van der Waals surface area contributed by atoms with Gasteiger partial charge in [0, 0.05) is 19.0 Å². The summed E-state index contributed by atoms with van der Waals surface area (Å²) in [5.74, 6) is -1.14. The van der Waals surface area contributed by atoms with Gasteiger partial charge in [0.25, 0.3) is 0 Å². The zero-order chi connectivity index (χ0) is 12.3. The predicted molar refractivity (Wildman–Crippen MR) is 59.6 cm³/mol. The third kappa shape index (κ3) is 2.76. The van der Waals surface area contributed by atoms with Crippen LogP contribution < -0.4 is 10.6 Å². The van der Waals surface area contributed by atoms with Crippen LogP contribution in [0.5, 0.6) is 0 Å². The van der Waals surface area contributed by atoms with Crippen LogP contribution in [-0.4, -0.2) is 48.3 Å². The Bertz CT molecular complexity index is 309. The van der Waals surface area contributed by atoms with Gasteiger partial charge in [0.05, 0.1) is 13.2 Å². The number of hydrogen-bond acceptors (Lipinski definition) is 4. The van der Waals surface area contributed by atoms with Crippen molar-refractivity contribution < 1.29 is 19.4 Å². The first-order valence-corrected chi connectivity index (χ1v) is 5.98. The van der Waals surface area contributed by atoms with Crippen molar-refractivity contribution >= 4 is 11.9 Å². The molecule has 1 amide bonds. The van der Waals surface area contributed by atoms with Gasteiger partial charge in [0.2, 0.25) is 5.91 Å². The molecule has 2 aliphatic rings. The van der Waals surface area contributed by atoms with Crippen molar-refractivity contribution in [1.29, 1.82) is 0 Å². The fourth-order valence-electron chi connectivity index (χ4n) is 2.22. The maximum Gasteiger partial charge on any atom is 0.329 e. The summed E-state index contributed by atoms with van der Waals surface area (Å²) in [6, 6.07) is -0.00493. The maximum absolute atomic E-state index is 11.8. The first-order valence-electron chi connectivity index (χ1n) is 5.98. The third-order valence-electron chi connectivity index (χ3n) is 3.43. The number of nitrogens with one attached hydrogen (secondary N) is 2. The summed E-state index contributed by atoms with van der Waals surface area (Å²) in [7, 11) is 0. The molecule has 96 valence electrons. The number of hydrogen-bond donors (Lipinski definition) is 3. The lowest BCUT2D eigenvalue weighted by Crippen LogP contribution is -2.60. The van der Waals surface area contributed by atoms with Crippen LogP contribution in [0.4, 0.5) is 0 Å². The summed E-state index contributed by atoms with van der Waals surface area (Å²) in [4.78, 5) is 22.8. The number of carbonyl (C=O) groups excluding carboxylic acids is 1. The quantitative estimate of drug-likeness (QED) is 0.618. The Morgan fingerprint density at radius 3 is 2.71 bits per heavy atom. The van der Waals surface area contributed by atoms with Crippen molar-refractivity contribution in [3.63, 3.8) is 0 Å². The molecule has 0 bridgehead atoms. The van der Waals surface area contributed by atoms with Gasteiger partial charge >= 0.3 is 5.97 Å². The summed E-state index contributed by atoms with van der Waals surface area (Å²) in [5, 5.41) is 14.9. The van der Waals surface area contributed by atoms with Gasteiger partial charge in [-0.05, 0) is 19.3 Å². The SMILES string of the molecule is O=C(CC1COCCN1)NC1(C(=O)O)CCC1. The average Bonchev–Trinajstić information content (AvgIpc) is 2.24. The van der Waals surface area contributed by atoms with Crippen molar-refractivity contribution in [1.82, 2.24) is 10.6 Å². The Kier molecular flexibility index (Phi) is 3.63. The minimum absolute atomic E-state index is 0.00493. The Labute approximate surface area is 99.7 Å². The molecular formula is C11H18N2O4. The van der Waals surface area contributed by atoms with Crippen molar-refractivity contribution in [3.05, 3.63) is 0 Å². The van der Waals surface area contributed by atoms with Crippen molar-refractivity contribution in [3.8, 4) is 0 Å². The molecule has 6 heteroatoms. The molecule has 1 aliphatic heterocycles. The summed E-state index contributed by atoms with van der Waals surface area (Å²) in [5.41, 5.74) is -1.01. The molecule has 2 fully saturated rings.